The molecule has 1 saturated heterocycles. The van der Waals surface area contributed by atoms with Gasteiger partial charge in [0.2, 0.25) is 0 Å². The number of oxazole rings is 1. The fourth-order valence-corrected chi connectivity index (χ4v) is 4.39. The average molecular weight is 521 g/mol. The first-order chi connectivity index (χ1) is 18.1. The molecule has 0 saturated carbocycles. The van der Waals surface area contributed by atoms with Crippen LogP contribution in [0.15, 0.2) is 59.5 Å². The number of carbonyl (C=O) groups excluding carboxylic acids is 3. The summed E-state index contributed by atoms with van der Waals surface area (Å²) in [6, 6.07) is 11.9. The van der Waals surface area contributed by atoms with Crippen molar-refractivity contribution in [2.75, 3.05) is 50.9 Å². The van der Waals surface area contributed by atoms with Gasteiger partial charge in [-0.3, -0.25) is 19.3 Å². The van der Waals surface area contributed by atoms with E-state index in [4.69, 9.17) is 14.9 Å². The Kier molecular flexibility index (Phi) is 7.96. The van der Waals surface area contributed by atoms with Gasteiger partial charge in [-0.2, -0.15) is 0 Å². The first-order valence-corrected chi connectivity index (χ1v) is 12.2. The predicted molar refractivity (Wildman–Crippen MR) is 143 cm³/mol. The van der Waals surface area contributed by atoms with Gasteiger partial charge in [0.25, 0.3) is 5.91 Å². The molecule has 0 radical (unpaired) electrons. The third kappa shape index (κ3) is 6.48. The van der Waals surface area contributed by atoms with E-state index in [1.54, 1.807) is 48.7 Å². The number of nitrogens with zero attached hydrogens (tertiary/aromatic N) is 3. The van der Waals surface area contributed by atoms with Crippen LogP contribution in [0, 0.1) is 0 Å². The van der Waals surface area contributed by atoms with Gasteiger partial charge >= 0.3 is 11.8 Å². The Hall–Kier alpha value is -4.38. The second-order valence-corrected chi connectivity index (χ2v) is 9.76. The molecule has 0 bridgehead atoms. The molecule has 11 heteroatoms. The summed E-state index contributed by atoms with van der Waals surface area (Å²) in [5.41, 5.74) is 7.34. The number of nitrogens with one attached hydrogen (secondary N) is 2. The maximum absolute atomic E-state index is 12.7. The number of rotatable bonds is 7. The number of hydrogen-bond acceptors (Lipinski definition) is 8. The fraction of sp³-hybridized carbons (Fsp3) is 0.333. The van der Waals surface area contributed by atoms with Gasteiger partial charge in [0.1, 0.15) is 5.75 Å². The van der Waals surface area contributed by atoms with Gasteiger partial charge in [-0.25, -0.2) is 4.98 Å². The quantitative estimate of drug-likeness (QED) is 0.318. The molecule has 200 valence electrons. The summed E-state index contributed by atoms with van der Waals surface area (Å²) >= 11 is 0. The van der Waals surface area contributed by atoms with Crippen LogP contribution < -0.4 is 21.1 Å². The number of methoxy groups -OCH3 is 1. The monoisotopic (exact) mass is 520 g/mol. The topological polar surface area (TPSA) is 143 Å². The van der Waals surface area contributed by atoms with Gasteiger partial charge in [-0.15, -0.1) is 0 Å². The van der Waals surface area contributed by atoms with Crippen LogP contribution >= 0.6 is 0 Å². The summed E-state index contributed by atoms with van der Waals surface area (Å²) < 4.78 is 10.7. The Morgan fingerprint density at radius 1 is 1.05 bits per heavy atom. The Morgan fingerprint density at radius 3 is 2.39 bits per heavy atom. The zero-order chi connectivity index (χ0) is 27.3. The van der Waals surface area contributed by atoms with Crippen molar-refractivity contribution in [3.63, 3.8) is 0 Å². The maximum atomic E-state index is 12.7. The molecule has 1 fully saturated rings. The largest absolute Gasteiger partial charge is 0.496 e. The minimum Gasteiger partial charge on any atom is -0.496 e. The van der Waals surface area contributed by atoms with Crippen molar-refractivity contribution in [3.8, 4) is 17.1 Å². The Labute approximate surface area is 220 Å². The third-order valence-corrected chi connectivity index (χ3v) is 6.25. The first-order valence-electron chi connectivity index (χ1n) is 12.2. The van der Waals surface area contributed by atoms with Crippen LogP contribution in [-0.2, 0) is 9.59 Å². The van der Waals surface area contributed by atoms with Crippen LogP contribution in [0.3, 0.4) is 0 Å². The van der Waals surface area contributed by atoms with E-state index in [1.807, 2.05) is 18.7 Å². The van der Waals surface area contributed by atoms with E-state index in [-0.39, 0.29) is 5.91 Å². The molecule has 0 aliphatic carbocycles. The van der Waals surface area contributed by atoms with Gasteiger partial charge in [-0.05, 0) is 50.2 Å². The summed E-state index contributed by atoms with van der Waals surface area (Å²) in [5.74, 6) is -0.569. The highest BCUT2D eigenvalue weighted by atomic mass is 16.5. The number of hydrogen-bond donors (Lipinski definition) is 3. The second-order valence-electron chi connectivity index (χ2n) is 9.76. The minimum absolute atomic E-state index is 0.0284. The molecular formula is C27H32N6O5. The van der Waals surface area contributed by atoms with E-state index in [2.05, 4.69) is 20.5 Å². The molecule has 3 aromatic rings. The lowest BCUT2D eigenvalue weighted by Crippen LogP contribution is -2.57. The molecular weight excluding hydrogens is 488 g/mol. The maximum Gasteiger partial charge on any atom is 0.313 e. The molecule has 1 aromatic heterocycles. The van der Waals surface area contributed by atoms with Crippen molar-refractivity contribution >= 4 is 29.1 Å². The highest BCUT2D eigenvalue weighted by Crippen LogP contribution is 2.32. The van der Waals surface area contributed by atoms with Gasteiger partial charge in [-0.1, -0.05) is 0 Å². The summed E-state index contributed by atoms with van der Waals surface area (Å²) in [6.45, 7) is 6.69. The molecule has 38 heavy (non-hydrogen) atoms. The number of carbonyl (C=O) groups is 3. The number of nitrogens with two attached hydrogens (primary N) is 1. The van der Waals surface area contributed by atoms with E-state index in [0.717, 1.165) is 0 Å². The molecule has 1 aliphatic rings. The number of ether oxygens (including phenoxy) is 1. The molecule has 0 atom stereocenters. The molecule has 1 aliphatic heterocycles. The number of nitrogen functional groups attached to an aromatic ring is 1. The summed E-state index contributed by atoms with van der Waals surface area (Å²) in [6.07, 6.45) is 2.88. The van der Waals surface area contributed by atoms with Crippen molar-refractivity contribution in [3.05, 3.63) is 60.6 Å². The average Bonchev–Trinajstić information content (AvgIpc) is 3.43. The van der Waals surface area contributed by atoms with Crippen LogP contribution in [0.25, 0.3) is 11.3 Å². The van der Waals surface area contributed by atoms with Crippen molar-refractivity contribution in [2.24, 2.45) is 0 Å². The van der Waals surface area contributed by atoms with E-state index in [0.29, 0.717) is 66.7 Å². The SMILES string of the molecule is COc1cc(NC(=O)C(=O)NC(C)(C)CN2CCN(C(=O)c3ccc(N)cc3)CC2)ccc1-c1cnco1. The molecule has 4 rings (SSSR count). The van der Waals surface area contributed by atoms with Gasteiger partial charge < -0.3 is 30.4 Å². The summed E-state index contributed by atoms with van der Waals surface area (Å²) in [4.78, 5) is 45.9. The smallest absolute Gasteiger partial charge is 0.313 e. The standard InChI is InChI=1S/C27H32N6O5/c1-27(2,16-32-10-12-33(13-11-32)26(36)18-4-6-19(28)7-5-18)31-25(35)24(34)30-20-8-9-21(22(14-20)37-3)23-15-29-17-38-23/h4-9,14-15,17H,10-13,16,28H2,1-3H3,(H,30,34)(H,31,35). The van der Waals surface area contributed by atoms with E-state index in [1.165, 1.54) is 13.5 Å². The number of amides is 3. The highest BCUT2D eigenvalue weighted by Gasteiger charge is 2.30. The number of piperazine rings is 1. The van der Waals surface area contributed by atoms with Crippen LogP contribution in [-0.4, -0.2) is 77.9 Å². The number of aromatic nitrogens is 1. The van der Waals surface area contributed by atoms with Crippen molar-refractivity contribution in [2.45, 2.75) is 19.4 Å². The molecule has 0 unspecified atom stereocenters. The van der Waals surface area contributed by atoms with Crippen LogP contribution in [0.1, 0.15) is 24.2 Å². The lowest BCUT2D eigenvalue weighted by molar-refractivity contribution is -0.137. The number of anilines is 2. The zero-order valence-electron chi connectivity index (χ0n) is 21.7. The van der Waals surface area contributed by atoms with E-state index in [9.17, 15) is 14.4 Å². The Bertz CT molecular complexity index is 1280. The number of benzene rings is 2. The van der Waals surface area contributed by atoms with Crippen molar-refractivity contribution < 1.29 is 23.5 Å². The minimum atomic E-state index is -0.786. The zero-order valence-corrected chi connectivity index (χ0v) is 21.7. The highest BCUT2D eigenvalue weighted by molar-refractivity contribution is 6.39. The Balaban J connectivity index is 1.28. The lowest BCUT2D eigenvalue weighted by atomic mass is 10.0. The molecule has 3 amide bonds. The van der Waals surface area contributed by atoms with Gasteiger partial charge in [0.05, 0.1) is 18.9 Å². The predicted octanol–water partition coefficient (Wildman–Crippen LogP) is 2.22. The lowest BCUT2D eigenvalue weighted by Gasteiger charge is -2.39. The van der Waals surface area contributed by atoms with Crippen molar-refractivity contribution in [1.82, 2.24) is 20.1 Å². The molecule has 11 nitrogen and oxygen atoms in total. The molecule has 2 aromatic carbocycles. The van der Waals surface area contributed by atoms with Gasteiger partial charge in [0.15, 0.2) is 12.2 Å². The van der Waals surface area contributed by atoms with Gasteiger partial charge in [0, 0.05) is 61.3 Å². The first kappa shape index (κ1) is 26.7. The second kappa shape index (κ2) is 11.3. The molecule has 4 N–H and O–H groups in total. The third-order valence-electron chi connectivity index (χ3n) is 6.25. The van der Waals surface area contributed by atoms with Crippen LogP contribution in [0.5, 0.6) is 5.75 Å². The molecule has 2 heterocycles. The van der Waals surface area contributed by atoms with E-state index < -0.39 is 17.4 Å². The summed E-state index contributed by atoms with van der Waals surface area (Å²) in [5, 5.41) is 5.42. The fourth-order valence-electron chi connectivity index (χ4n) is 4.39. The molecule has 0 spiro atoms. The normalized spacial score (nSPS) is 14.1. The van der Waals surface area contributed by atoms with Crippen LogP contribution in [0.4, 0.5) is 11.4 Å². The van der Waals surface area contributed by atoms with E-state index >= 15 is 0 Å². The summed E-state index contributed by atoms with van der Waals surface area (Å²) in [7, 11) is 1.50. The van der Waals surface area contributed by atoms with Crippen molar-refractivity contribution in [1.29, 1.82) is 0 Å². The Morgan fingerprint density at radius 2 is 1.76 bits per heavy atom. The van der Waals surface area contributed by atoms with Crippen LogP contribution in [0.2, 0.25) is 0 Å².